The van der Waals surface area contributed by atoms with Gasteiger partial charge in [-0.05, 0) is 50.1 Å². The first kappa shape index (κ1) is 20.7. The highest BCUT2D eigenvalue weighted by Gasteiger charge is 2.25. The van der Waals surface area contributed by atoms with Gasteiger partial charge in [-0.1, -0.05) is 35.9 Å². The van der Waals surface area contributed by atoms with Crippen molar-refractivity contribution < 1.29 is 14.3 Å². The van der Waals surface area contributed by atoms with Gasteiger partial charge in [0.1, 0.15) is 0 Å². The SMILES string of the molecule is CC(=O)N(c1nc(/C=C2\N=C(c3cccc(C)c3)OC2=O)cs1)c1c(C)cccc1C. The number of aromatic nitrogens is 1. The van der Waals surface area contributed by atoms with Crippen LogP contribution in [0, 0.1) is 20.8 Å². The van der Waals surface area contributed by atoms with Gasteiger partial charge in [-0.2, -0.15) is 0 Å². The molecule has 0 atom stereocenters. The Morgan fingerprint density at radius 1 is 1.10 bits per heavy atom. The second kappa shape index (κ2) is 8.28. The predicted octanol–water partition coefficient (Wildman–Crippen LogP) is 5.10. The van der Waals surface area contributed by atoms with Crippen LogP contribution in [0.1, 0.15) is 34.9 Å². The maximum Gasteiger partial charge on any atom is 0.363 e. The summed E-state index contributed by atoms with van der Waals surface area (Å²) in [6.45, 7) is 7.40. The van der Waals surface area contributed by atoms with Gasteiger partial charge in [0.2, 0.25) is 11.8 Å². The molecule has 31 heavy (non-hydrogen) atoms. The van der Waals surface area contributed by atoms with E-state index in [4.69, 9.17) is 4.74 Å². The number of esters is 1. The Labute approximate surface area is 184 Å². The second-order valence-electron chi connectivity index (χ2n) is 7.36. The molecule has 2 heterocycles. The number of thiazole rings is 1. The third-order valence-corrected chi connectivity index (χ3v) is 5.69. The maximum absolute atomic E-state index is 12.5. The van der Waals surface area contributed by atoms with Gasteiger partial charge in [0.25, 0.3) is 0 Å². The molecule has 1 aliphatic rings. The van der Waals surface area contributed by atoms with Crippen LogP contribution < -0.4 is 4.90 Å². The summed E-state index contributed by atoms with van der Waals surface area (Å²) in [5.74, 6) is -0.383. The lowest BCUT2D eigenvalue weighted by atomic mass is 10.1. The molecular weight excluding hydrogens is 410 g/mol. The number of amides is 1. The standard InChI is InChI=1S/C24H21N3O3S/c1-14-7-5-10-18(11-14)22-26-20(23(29)30-22)12-19-13-31-24(25-19)27(17(4)28)21-15(2)8-6-9-16(21)3/h5-13H,1-4H3/b20-12-. The molecule has 156 valence electrons. The minimum atomic E-state index is -0.524. The van der Waals surface area contributed by atoms with Gasteiger partial charge in [-0.25, -0.2) is 14.8 Å². The fourth-order valence-electron chi connectivity index (χ4n) is 3.44. The van der Waals surface area contributed by atoms with Crippen molar-refractivity contribution in [2.24, 2.45) is 4.99 Å². The first-order valence-corrected chi connectivity index (χ1v) is 10.6. The average Bonchev–Trinajstić information content (AvgIpc) is 3.32. The van der Waals surface area contributed by atoms with Gasteiger partial charge < -0.3 is 4.74 Å². The van der Waals surface area contributed by atoms with Crippen LogP contribution in [-0.2, 0) is 14.3 Å². The highest BCUT2D eigenvalue weighted by atomic mass is 32.1. The van der Waals surface area contributed by atoms with Crippen LogP contribution in [0.2, 0.25) is 0 Å². The number of hydrogen-bond donors (Lipinski definition) is 0. The lowest BCUT2D eigenvalue weighted by Crippen LogP contribution is -2.24. The number of ether oxygens (including phenoxy) is 1. The Balaban J connectivity index is 1.67. The third-order valence-electron chi connectivity index (χ3n) is 4.85. The number of cyclic esters (lactones) is 1. The van der Waals surface area contributed by atoms with Crippen molar-refractivity contribution in [3.05, 3.63) is 81.5 Å². The van der Waals surface area contributed by atoms with Gasteiger partial charge in [-0.15, -0.1) is 11.3 Å². The first-order valence-electron chi connectivity index (χ1n) is 9.75. The normalized spacial score (nSPS) is 14.5. The van der Waals surface area contributed by atoms with Crippen LogP contribution in [0.25, 0.3) is 6.08 Å². The van der Waals surface area contributed by atoms with Crippen molar-refractivity contribution in [2.45, 2.75) is 27.7 Å². The van der Waals surface area contributed by atoms with E-state index in [-0.39, 0.29) is 17.5 Å². The molecule has 0 bridgehead atoms. The summed E-state index contributed by atoms with van der Waals surface area (Å²) >= 11 is 1.33. The molecule has 6 nitrogen and oxygen atoms in total. The molecule has 4 rings (SSSR count). The molecule has 1 amide bonds. The second-order valence-corrected chi connectivity index (χ2v) is 8.19. The fraction of sp³-hybridized carbons (Fsp3) is 0.167. The molecule has 0 saturated carbocycles. The third kappa shape index (κ3) is 4.18. The molecule has 0 aliphatic carbocycles. The lowest BCUT2D eigenvalue weighted by Gasteiger charge is -2.22. The van der Waals surface area contributed by atoms with Crippen LogP contribution in [-0.4, -0.2) is 22.8 Å². The Hall–Kier alpha value is -3.58. The van der Waals surface area contributed by atoms with Gasteiger partial charge >= 0.3 is 5.97 Å². The summed E-state index contributed by atoms with van der Waals surface area (Å²) in [5.41, 5.74) is 5.30. The minimum absolute atomic E-state index is 0.133. The van der Waals surface area contributed by atoms with Crippen LogP contribution in [0.5, 0.6) is 0 Å². The number of benzene rings is 2. The van der Waals surface area contributed by atoms with Gasteiger partial charge in [0.15, 0.2) is 10.8 Å². The number of aryl methyl sites for hydroxylation is 3. The zero-order chi connectivity index (χ0) is 22.1. The van der Waals surface area contributed by atoms with Crippen molar-refractivity contribution >= 4 is 46.0 Å². The molecule has 0 saturated heterocycles. The van der Waals surface area contributed by atoms with Crippen LogP contribution in [0.4, 0.5) is 10.8 Å². The fourth-order valence-corrected chi connectivity index (χ4v) is 4.27. The Bertz CT molecular complexity index is 1240. The number of carbonyl (C=O) groups excluding carboxylic acids is 2. The highest BCUT2D eigenvalue weighted by molar-refractivity contribution is 7.14. The molecular formula is C24H21N3O3S. The van der Waals surface area contributed by atoms with E-state index >= 15 is 0 Å². The quantitative estimate of drug-likeness (QED) is 0.426. The molecule has 7 heteroatoms. The van der Waals surface area contributed by atoms with E-state index in [9.17, 15) is 9.59 Å². The first-order chi connectivity index (χ1) is 14.8. The summed E-state index contributed by atoms with van der Waals surface area (Å²) in [7, 11) is 0. The van der Waals surface area contributed by atoms with Crippen molar-refractivity contribution in [3.63, 3.8) is 0 Å². The van der Waals surface area contributed by atoms with Crippen LogP contribution >= 0.6 is 11.3 Å². The maximum atomic E-state index is 12.5. The van der Waals surface area contributed by atoms with Crippen LogP contribution in [0.15, 0.2) is 58.5 Å². The summed E-state index contributed by atoms with van der Waals surface area (Å²) in [4.78, 5) is 35.3. The van der Waals surface area contributed by atoms with Gasteiger partial charge in [0.05, 0.1) is 11.4 Å². The average molecular weight is 432 g/mol. The number of carbonyl (C=O) groups is 2. The molecule has 0 spiro atoms. The molecule has 0 N–H and O–H groups in total. The van der Waals surface area contributed by atoms with Crippen molar-refractivity contribution in [1.29, 1.82) is 0 Å². The topological polar surface area (TPSA) is 71.9 Å². The molecule has 0 unspecified atom stereocenters. The Morgan fingerprint density at radius 3 is 2.48 bits per heavy atom. The van der Waals surface area contributed by atoms with E-state index in [1.807, 2.05) is 63.2 Å². The van der Waals surface area contributed by atoms with Crippen LogP contribution in [0.3, 0.4) is 0 Å². The number of nitrogens with zero attached hydrogens (tertiary/aromatic N) is 3. The zero-order valence-electron chi connectivity index (χ0n) is 17.7. The monoisotopic (exact) mass is 431 g/mol. The van der Waals surface area contributed by atoms with E-state index in [0.29, 0.717) is 10.8 Å². The highest BCUT2D eigenvalue weighted by Crippen LogP contribution is 2.34. The number of anilines is 2. The molecule has 0 radical (unpaired) electrons. The van der Waals surface area contributed by atoms with Crippen molar-refractivity contribution in [2.75, 3.05) is 4.90 Å². The summed E-state index contributed by atoms with van der Waals surface area (Å²) in [5, 5.41) is 2.32. The summed E-state index contributed by atoms with van der Waals surface area (Å²) in [6.07, 6.45) is 1.58. The summed E-state index contributed by atoms with van der Waals surface area (Å²) < 4.78 is 5.33. The molecule has 1 aliphatic heterocycles. The Morgan fingerprint density at radius 2 is 1.81 bits per heavy atom. The molecule has 3 aromatic rings. The molecule has 0 fully saturated rings. The lowest BCUT2D eigenvalue weighted by molar-refractivity contribution is -0.130. The Kier molecular flexibility index (Phi) is 5.52. The number of hydrogen-bond acceptors (Lipinski definition) is 6. The van der Waals surface area contributed by atoms with E-state index in [1.165, 1.54) is 18.3 Å². The zero-order valence-corrected chi connectivity index (χ0v) is 18.5. The van der Waals surface area contributed by atoms with Gasteiger partial charge in [0, 0.05) is 17.9 Å². The van der Waals surface area contributed by atoms with Crippen molar-refractivity contribution in [3.8, 4) is 0 Å². The van der Waals surface area contributed by atoms with Gasteiger partial charge in [-0.3, -0.25) is 9.69 Å². The predicted molar refractivity (Wildman–Crippen MR) is 123 cm³/mol. The summed E-state index contributed by atoms with van der Waals surface area (Å²) in [6, 6.07) is 13.5. The minimum Gasteiger partial charge on any atom is -0.402 e. The molecule has 2 aromatic carbocycles. The number of rotatable bonds is 4. The smallest absolute Gasteiger partial charge is 0.363 e. The molecule has 1 aromatic heterocycles. The number of para-hydroxylation sites is 1. The van der Waals surface area contributed by atoms with E-state index in [0.717, 1.165) is 27.9 Å². The van der Waals surface area contributed by atoms with E-state index < -0.39 is 5.97 Å². The van der Waals surface area contributed by atoms with E-state index in [1.54, 1.807) is 16.4 Å². The largest absolute Gasteiger partial charge is 0.402 e. The van der Waals surface area contributed by atoms with E-state index in [2.05, 4.69) is 9.98 Å². The van der Waals surface area contributed by atoms with Crippen molar-refractivity contribution in [1.82, 2.24) is 4.98 Å². The number of aliphatic imine (C=N–C) groups is 1.